The van der Waals surface area contributed by atoms with Crippen LogP contribution in [0, 0.1) is 11.8 Å². The number of benzene rings is 2. The van der Waals surface area contributed by atoms with Gasteiger partial charge >= 0.3 is 0 Å². The highest BCUT2D eigenvalue weighted by Crippen LogP contribution is 2.55. The van der Waals surface area contributed by atoms with Crippen molar-refractivity contribution in [2.24, 2.45) is 11.8 Å². The van der Waals surface area contributed by atoms with Crippen LogP contribution in [0.25, 0.3) is 0 Å². The molecule has 0 aliphatic heterocycles. The summed E-state index contributed by atoms with van der Waals surface area (Å²) in [6.45, 7) is 4.68. The van der Waals surface area contributed by atoms with E-state index in [0.29, 0.717) is 17.8 Å². The SMILES string of the molecule is CC(C)C(=O)NC[C@@H]1CC2c3ccccc3C1c1ccccc12. The molecule has 0 aromatic heterocycles. The van der Waals surface area contributed by atoms with Crippen molar-refractivity contribution in [2.75, 3.05) is 6.54 Å². The number of hydrogen-bond donors (Lipinski definition) is 1. The maximum Gasteiger partial charge on any atom is 0.222 e. The Labute approximate surface area is 137 Å². The predicted molar refractivity (Wildman–Crippen MR) is 92.5 cm³/mol. The molecule has 3 aliphatic carbocycles. The van der Waals surface area contributed by atoms with Crippen molar-refractivity contribution in [1.82, 2.24) is 5.32 Å². The minimum atomic E-state index is 0.0513. The standard InChI is InChI=1S/C21H23NO/c1-13(2)21(23)22-12-14-11-19-15-7-3-5-9-17(15)20(14)18-10-6-4-8-16(18)19/h3-10,13-14,19-20H,11-12H2,1-2H3,(H,22,23)/t14-,19?,20?/m0/s1. The second-order valence-electron chi connectivity index (χ2n) is 7.18. The number of fused-ring (bicyclic) bond motifs is 1. The van der Waals surface area contributed by atoms with Gasteiger partial charge in [-0.25, -0.2) is 0 Å². The van der Waals surface area contributed by atoms with E-state index < -0.39 is 0 Å². The lowest BCUT2D eigenvalue weighted by atomic mass is 9.59. The smallest absolute Gasteiger partial charge is 0.222 e. The zero-order valence-electron chi connectivity index (χ0n) is 13.8. The van der Waals surface area contributed by atoms with E-state index >= 15 is 0 Å². The molecule has 1 atom stereocenters. The molecule has 3 aliphatic rings. The maximum absolute atomic E-state index is 12.0. The zero-order valence-corrected chi connectivity index (χ0v) is 13.8. The van der Waals surface area contributed by atoms with Gasteiger partial charge in [0.05, 0.1) is 0 Å². The lowest BCUT2D eigenvalue weighted by molar-refractivity contribution is -0.124. The molecule has 2 aromatic rings. The fraction of sp³-hybridized carbons (Fsp3) is 0.381. The van der Waals surface area contributed by atoms with Crippen molar-refractivity contribution >= 4 is 5.91 Å². The second-order valence-corrected chi connectivity index (χ2v) is 7.18. The van der Waals surface area contributed by atoms with Crippen LogP contribution in [-0.4, -0.2) is 12.5 Å². The third kappa shape index (κ3) is 2.28. The molecule has 2 heteroatoms. The minimum Gasteiger partial charge on any atom is -0.356 e. The van der Waals surface area contributed by atoms with Gasteiger partial charge in [-0.3, -0.25) is 4.79 Å². The van der Waals surface area contributed by atoms with Gasteiger partial charge in [0.1, 0.15) is 0 Å². The van der Waals surface area contributed by atoms with Crippen LogP contribution in [0.1, 0.15) is 54.4 Å². The molecule has 0 spiro atoms. The Kier molecular flexibility index (Phi) is 3.48. The first-order chi connectivity index (χ1) is 11.2. The Morgan fingerprint density at radius 2 is 1.52 bits per heavy atom. The molecule has 1 N–H and O–H groups in total. The van der Waals surface area contributed by atoms with Gasteiger partial charge in [0.2, 0.25) is 5.91 Å². The first-order valence-electron chi connectivity index (χ1n) is 8.62. The second kappa shape index (κ2) is 5.52. The van der Waals surface area contributed by atoms with E-state index in [2.05, 4.69) is 53.8 Å². The zero-order chi connectivity index (χ0) is 16.0. The van der Waals surface area contributed by atoms with Crippen LogP contribution in [0.15, 0.2) is 48.5 Å². The summed E-state index contributed by atoms with van der Waals surface area (Å²) in [5.74, 6) is 1.60. The quantitative estimate of drug-likeness (QED) is 0.910. The van der Waals surface area contributed by atoms with Crippen molar-refractivity contribution in [3.8, 4) is 0 Å². The van der Waals surface area contributed by atoms with Crippen LogP contribution >= 0.6 is 0 Å². The largest absolute Gasteiger partial charge is 0.356 e. The van der Waals surface area contributed by atoms with E-state index in [1.807, 2.05) is 13.8 Å². The Balaban J connectivity index is 1.70. The molecule has 23 heavy (non-hydrogen) atoms. The molecular formula is C21H23NO. The van der Waals surface area contributed by atoms with E-state index in [1.165, 1.54) is 22.3 Å². The topological polar surface area (TPSA) is 29.1 Å². The summed E-state index contributed by atoms with van der Waals surface area (Å²) >= 11 is 0. The van der Waals surface area contributed by atoms with E-state index in [-0.39, 0.29) is 11.8 Å². The third-order valence-corrected chi connectivity index (χ3v) is 5.49. The Bertz CT molecular complexity index is 702. The molecule has 2 aromatic carbocycles. The molecule has 2 bridgehead atoms. The Hall–Kier alpha value is -2.09. The van der Waals surface area contributed by atoms with Crippen LogP contribution in [0.2, 0.25) is 0 Å². The van der Waals surface area contributed by atoms with Gasteiger partial charge in [0.25, 0.3) is 0 Å². The number of nitrogens with one attached hydrogen (secondary N) is 1. The van der Waals surface area contributed by atoms with Crippen LogP contribution in [0.4, 0.5) is 0 Å². The van der Waals surface area contributed by atoms with Crippen LogP contribution < -0.4 is 5.32 Å². The van der Waals surface area contributed by atoms with E-state index in [1.54, 1.807) is 0 Å². The fourth-order valence-corrected chi connectivity index (χ4v) is 4.40. The number of amides is 1. The molecule has 5 rings (SSSR count). The van der Waals surface area contributed by atoms with Crippen molar-refractivity contribution < 1.29 is 4.79 Å². The van der Waals surface area contributed by atoms with Gasteiger partial charge < -0.3 is 5.32 Å². The molecule has 0 saturated heterocycles. The molecule has 0 fully saturated rings. The van der Waals surface area contributed by atoms with Gasteiger partial charge in [-0.15, -0.1) is 0 Å². The monoisotopic (exact) mass is 305 g/mol. The molecule has 0 radical (unpaired) electrons. The molecule has 2 nitrogen and oxygen atoms in total. The van der Waals surface area contributed by atoms with Crippen molar-refractivity contribution in [2.45, 2.75) is 32.1 Å². The van der Waals surface area contributed by atoms with Gasteiger partial charge in [-0.2, -0.15) is 0 Å². The van der Waals surface area contributed by atoms with Crippen LogP contribution in [0.3, 0.4) is 0 Å². The van der Waals surface area contributed by atoms with E-state index in [0.717, 1.165) is 13.0 Å². The number of hydrogen-bond acceptors (Lipinski definition) is 1. The highest BCUT2D eigenvalue weighted by Gasteiger charge is 2.42. The van der Waals surface area contributed by atoms with Gasteiger partial charge in [0, 0.05) is 24.3 Å². The predicted octanol–water partition coefficient (Wildman–Crippen LogP) is 4.06. The Morgan fingerprint density at radius 1 is 1.00 bits per heavy atom. The molecular weight excluding hydrogens is 282 g/mol. The molecule has 1 amide bonds. The van der Waals surface area contributed by atoms with Crippen LogP contribution in [0.5, 0.6) is 0 Å². The highest BCUT2D eigenvalue weighted by molar-refractivity contribution is 5.77. The molecule has 0 saturated carbocycles. The first kappa shape index (κ1) is 14.5. The molecule has 118 valence electrons. The Morgan fingerprint density at radius 3 is 2.04 bits per heavy atom. The van der Waals surface area contributed by atoms with Crippen LogP contribution in [-0.2, 0) is 4.79 Å². The summed E-state index contributed by atoms with van der Waals surface area (Å²) in [5.41, 5.74) is 5.91. The summed E-state index contributed by atoms with van der Waals surface area (Å²) in [6, 6.07) is 17.7. The minimum absolute atomic E-state index is 0.0513. The first-order valence-corrected chi connectivity index (χ1v) is 8.62. The average Bonchev–Trinajstić information content (AvgIpc) is 2.59. The van der Waals surface area contributed by atoms with Gasteiger partial charge in [0.15, 0.2) is 0 Å². The number of rotatable bonds is 3. The van der Waals surface area contributed by atoms with Gasteiger partial charge in [-0.1, -0.05) is 62.4 Å². The fourth-order valence-electron chi connectivity index (χ4n) is 4.40. The number of carbonyl (C=O) groups is 1. The number of carbonyl (C=O) groups excluding carboxylic acids is 1. The average molecular weight is 305 g/mol. The lowest BCUT2D eigenvalue weighted by Crippen LogP contribution is -2.40. The summed E-state index contributed by atoms with van der Waals surface area (Å²) in [7, 11) is 0. The van der Waals surface area contributed by atoms with E-state index in [4.69, 9.17) is 0 Å². The maximum atomic E-state index is 12.0. The normalized spacial score (nSPS) is 24.2. The molecule has 0 unspecified atom stereocenters. The van der Waals surface area contributed by atoms with Crippen molar-refractivity contribution in [3.05, 3.63) is 70.8 Å². The van der Waals surface area contributed by atoms with Crippen molar-refractivity contribution in [1.29, 1.82) is 0 Å². The molecule has 0 heterocycles. The summed E-state index contributed by atoms with van der Waals surface area (Å²) in [6.07, 6.45) is 1.14. The van der Waals surface area contributed by atoms with E-state index in [9.17, 15) is 4.79 Å². The van der Waals surface area contributed by atoms with Crippen molar-refractivity contribution in [3.63, 3.8) is 0 Å². The lowest BCUT2D eigenvalue weighted by Gasteiger charge is -2.45. The summed E-state index contributed by atoms with van der Waals surface area (Å²) < 4.78 is 0. The van der Waals surface area contributed by atoms with Gasteiger partial charge in [-0.05, 0) is 34.6 Å². The third-order valence-electron chi connectivity index (χ3n) is 5.49. The highest BCUT2D eigenvalue weighted by atomic mass is 16.1. The summed E-state index contributed by atoms with van der Waals surface area (Å²) in [5, 5.41) is 3.16. The summed E-state index contributed by atoms with van der Waals surface area (Å²) in [4.78, 5) is 12.0.